The molecule has 0 aliphatic carbocycles. The molecule has 0 amide bonds. The molecule has 0 bridgehead atoms. The number of aromatic nitrogens is 1. The molecule has 2 unspecified atom stereocenters. The number of aliphatic carboxylic acids is 1. The van der Waals surface area contributed by atoms with E-state index in [-0.39, 0.29) is 18.3 Å². The first-order valence-electron chi connectivity index (χ1n) is 21.0. The first-order valence-corrected chi connectivity index (χ1v) is 24.6. The fourth-order valence-electron chi connectivity index (χ4n) is 8.11. The number of rotatable bonds is 16. The molecule has 2 N–H and O–H groups in total. The van der Waals surface area contributed by atoms with Gasteiger partial charge in [-0.3, -0.25) is 4.55 Å². The standard InChI is InChI=1S/C49H47ClN4O6S3/c1-3-12-46(51-32-60-40-18-10-17-39(30-40)53-31-37-16-9-8-15-35(37)28-43(53)49(55)56)54-42-29-38(50)20-22-45(42)62-48(54)26-33(4-2)25-47-52(23-11-24-63(57,58)59)41-27-36(19-21-44(41)61-47)34-13-6-5-7-14-34/h5-10,13-22,25-27,29-30,32,43,46H,3-4,11-12,23-24,28,31H2,1-2H3,(H-,55,56,57,58,59)/p+1. The number of hydrogen-bond acceptors (Lipinski definition) is 9. The van der Waals surface area contributed by atoms with Crippen LogP contribution >= 0.6 is 34.7 Å². The molecule has 14 heteroatoms. The van der Waals surface area contributed by atoms with Gasteiger partial charge in [-0.15, -0.1) is 0 Å². The Labute approximate surface area is 381 Å². The minimum absolute atomic E-state index is 0.257. The van der Waals surface area contributed by atoms with Crippen LogP contribution in [0.25, 0.3) is 27.4 Å². The number of nitrogens with zero attached hydrogens (tertiary/aromatic N) is 4. The van der Waals surface area contributed by atoms with Gasteiger partial charge in [0.25, 0.3) is 15.1 Å². The van der Waals surface area contributed by atoms with Gasteiger partial charge >= 0.3 is 5.97 Å². The van der Waals surface area contributed by atoms with Crippen molar-refractivity contribution in [2.24, 2.45) is 4.99 Å². The number of carbonyl (C=O) groups is 1. The van der Waals surface area contributed by atoms with Crippen molar-refractivity contribution < 1.29 is 32.2 Å². The molecule has 63 heavy (non-hydrogen) atoms. The normalized spacial score (nSPS) is 16.5. The predicted octanol–water partition coefficient (Wildman–Crippen LogP) is 11.3. The lowest BCUT2D eigenvalue weighted by molar-refractivity contribution is -0.668. The average molecular weight is 921 g/mol. The van der Waals surface area contributed by atoms with Gasteiger partial charge < -0.3 is 19.6 Å². The van der Waals surface area contributed by atoms with Crippen LogP contribution in [0.5, 0.6) is 5.75 Å². The zero-order chi connectivity index (χ0) is 44.1. The van der Waals surface area contributed by atoms with Crippen molar-refractivity contribution in [3.63, 3.8) is 0 Å². The third-order valence-corrected chi connectivity index (χ3v) is 14.5. The molecule has 324 valence electrons. The number of carboxylic acid groups (broad SMARTS) is 1. The summed E-state index contributed by atoms with van der Waals surface area (Å²) in [5, 5.41) is 12.7. The molecule has 5 aromatic carbocycles. The van der Waals surface area contributed by atoms with E-state index in [1.54, 1.807) is 23.1 Å². The minimum Gasteiger partial charge on any atom is -0.480 e. The van der Waals surface area contributed by atoms with E-state index >= 15 is 0 Å². The largest absolute Gasteiger partial charge is 0.480 e. The highest BCUT2D eigenvalue weighted by Crippen LogP contribution is 2.49. The summed E-state index contributed by atoms with van der Waals surface area (Å²) in [5.74, 6) is -0.655. The van der Waals surface area contributed by atoms with E-state index < -0.39 is 22.1 Å². The fourth-order valence-corrected chi connectivity index (χ4v) is 11.1. The second-order valence-corrected chi connectivity index (χ2v) is 19.6. The number of anilines is 2. The SMILES string of the molecule is CCCC(N=COc1cccc(N2Cc3ccccc3CC2C(=O)O)c1)N1C(=CC(=Cc2sc3ccc(-c4ccccc4)cc3[n+]2CCCS(=O)(=O)O)CC)Sc2ccc(Cl)cc21. The van der Waals surface area contributed by atoms with E-state index in [2.05, 4.69) is 65.8 Å². The Bertz CT molecular complexity index is 2840. The Morgan fingerprint density at radius 3 is 2.52 bits per heavy atom. The van der Waals surface area contributed by atoms with Gasteiger partial charge in [-0.2, -0.15) is 13.0 Å². The first-order chi connectivity index (χ1) is 30.5. The number of fused-ring (bicyclic) bond motifs is 3. The molecule has 3 heterocycles. The van der Waals surface area contributed by atoms with Gasteiger partial charge in [-0.05, 0) is 83.1 Å². The second kappa shape index (κ2) is 19.5. The van der Waals surface area contributed by atoms with Gasteiger partial charge in [0.05, 0.1) is 16.5 Å². The van der Waals surface area contributed by atoms with Gasteiger partial charge in [0.1, 0.15) is 22.7 Å². The summed E-state index contributed by atoms with van der Waals surface area (Å²) >= 11 is 9.93. The quantitative estimate of drug-likeness (QED) is 0.0423. The van der Waals surface area contributed by atoms with Crippen LogP contribution in [0.3, 0.4) is 0 Å². The van der Waals surface area contributed by atoms with Crippen LogP contribution in [0.15, 0.2) is 142 Å². The number of aryl methyl sites for hydroxylation is 1. The van der Waals surface area contributed by atoms with Crippen molar-refractivity contribution in [1.82, 2.24) is 0 Å². The number of thiazole rings is 1. The lowest BCUT2D eigenvalue weighted by atomic mass is 9.93. The molecule has 0 spiro atoms. The third-order valence-electron chi connectivity index (χ3n) is 11.2. The molecule has 2 atom stereocenters. The maximum absolute atomic E-state index is 12.4. The van der Waals surface area contributed by atoms with Crippen molar-refractivity contribution in [3.8, 4) is 16.9 Å². The summed E-state index contributed by atoms with van der Waals surface area (Å²) in [6.07, 6.45) is 8.47. The third kappa shape index (κ3) is 10.3. The Morgan fingerprint density at radius 2 is 1.76 bits per heavy atom. The van der Waals surface area contributed by atoms with Crippen LogP contribution in [0, 0.1) is 0 Å². The van der Waals surface area contributed by atoms with Gasteiger partial charge in [-0.25, -0.2) is 9.79 Å². The van der Waals surface area contributed by atoms with Crippen LogP contribution in [0.2, 0.25) is 5.02 Å². The van der Waals surface area contributed by atoms with E-state index in [9.17, 15) is 22.9 Å². The van der Waals surface area contributed by atoms with Gasteiger partial charge in [0, 0.05) is 53.2 Å². The lowest BCUT2D eigenvalue weighted by Gasteiger charge is -2.36. The number of allylic oxidation sites excluding steroid dienone is 2. The maximum atomic E-state index is 12.4. The summed E-state index contributed by atoms with van der Waals surface area (Å²) in [4.78, 5) is 22.6. The molecule has 2 aliphatic rings. The summed E-state index contributed by atoms with van der Waals surface area (Å²) in [6.45, 7) is 5.12. The predicted molar refractivity (Wildman–Crippen MR) is 257 cm³/mol. The minimum atomic E-state index is -4.12. The van der Waals surface area contributed by atoms with Crippen molar-refractivity contribution >= 4 is 84.9 Å². The smallest absolute Gasteiger partial charge is 0.326 e. The fraction of sp³-hybridized carbons (Fsp3) is 0.245. The molecular formula is C49H48ClN4O6S3+. The molecule has 1 aromatic heterocycles. The number of hydrogen-bond donors (Lipinski definition) is 2. The van der Waals surface area contributed by atoms with E-state index in [0.717, 1.165) is 83.6 Å². The molecule has 2 aliphatic heterocycles. The Balaban J connectivity index is 1.10. The van der Waals surface area contributed by atoms with Crippen molar-refractivity contribution in [1.29, 1.82) is 0 Å². The topological polar surface area (TPSA) is 124 Å². The lowest BCUT2D eigenvalue weighted by Crippen LogP contribution is -2.45. The molecule has 0 radical (unpaired) electrons. The van der Waals surface area contributed by atoms with Crippen LogP contribution < -0.4 is 19.1 Å². The molecule has 8 rings (SSSR count). The maximum Gasteiger partial charge on any atom is 0.326 e. The van der Waals surface area contributed by atoms with Gasteiger partial charge in [0.15, 0.2) is 12.9 Å². The van der Waals surface area contributed by atoms with Crippen molar-refractivity contribution in [2.45, 2.75) is 76.1 Å². The first kappa shape index (κ1) is 44.2. The highest BCUT2D eigenvalue weighted by Gasteiger charge is 2.33. The molecule has 0 fully saturated rings. The summed E-state index contributed by atoms with van der Waals surface area (Å²) < 4.78 is 42.5. The molecule has 0 saturated carbocycles. The molecule has 10 nitrogen and oxygen atoms in total. The highest BCUT2D eigenvalue weighted by molar-refractivity contribution is 8.03. The Hall–Kier alpha value is -5.44. The number of halogens is 1. The number of ether oxygens (including phenoxy) is 1. The van der Waals surface area contributed by atoms with E-state index in [0.29, 0.717) is 30.3 Å². The van der Waals surface area contributed by atoms with Crippen LogP contribution in [0.4, 0.5) is 11.4 Å². The number of aliphatic imine (C=N–C) groups is 1. The van der Waals surface area contributed by atoms with E-state index in [4.69, 9.17) is 21.3 Å². The Kier molecular flexibility index (Phi) is 13.7. The van der Waals surface area contributed by atoms with E-state index in [1.165, 1.54) is 6.40 Å². The van der Waals surface area contributed by atoms with Crippen molar-refractivity contribution in [3.05, 3.63) is 153 Å². The monoisotopic (exact) mass is 919 g/mol. The molecular weight excluding hydrogens is 872 g/mol. The second-order valence-electron chi connectivity index (χ2n) is 15.5. The van der Waals surface area contributed by atoms with E-state index in [1.807, 2.05) is 89.8 Å². The van der Waals surface area contributed by atoms with Crippen LogP contribution in [-0.2, 0) is 34.4 Å². The Morgan fingerprint density at radius 1 is 0.968 bits per heavy atom. The average Bonchev–Trinajstić information content (AvgIpc) is 3.81. The zero-order valence-electron chi connectivity index (χ0n) is 34.9. The molecule has 0 saturated heterocycles. The number of carboxylic acids is 1. The van der Waals surface area contributed by atoms with Crippen LogP contribution in [-0.4, -0.2) is 48.4 Å². The summed E-state index contributed by atoms with van der Waals surface area (Å²) in [6, 6.07) is 37.2. The zero-order valence-corrected chi connectivity index (χ0v) is 38.1. The van der Waals surface area contributed by atoms with Gasteiger partial charge in [0.2, 0.25) is 5.52 Å². The summed E-state index contributed by atoms with van der Waals surface area (Å²) in [5.41, 5.74) is 8.07. The highest BCUT2D eigenvalue weighted by atomic mass is 35.5. The number of thioether (sulfide) groups is 1. The number of benzene rings is 5. The van der Waals surface area contributed by atoms with Gasteiger partial charge in [-0.1, -0.05) is 122 Å². The molecule has 6 aromatic rings. The summed E-state index contributed by atoms with van der Waals surface area (Å²) in [7, 11) is -4.12. The van der Waals surface area contributed by atoms with Crippen molar-refractivity contribution in [2.75, 3.05) is 15.6 Å². The van der Waals surface area contributed by atoms with Crippen LogP contribution in [0.1, 0.15) is 55.7 Å².